The van der Waals surface area contributed by atoms with Gasteiger partial charge in [-0.2, -0.15) is 5.10 Å². The fourth-order valence-electron chi connectivity index (χ4n) is 2.62. The Hall–Kier alpha value is -3.74. The first-order valence-electron chi connectivity index (χ1n) is 8.28. The third-order valence-corrected chi connectivity index (χ3v) is 3.95. The van der Waals surface area contributed by atoms with Crippen LogP contribution < -0.4 is 11.0 Å². The second kappa shape index (κ2) is 8.09. The van der Waals surface area contributed by atoms with Gasteiger partial charge in [0.15, 0.2) is 0 Å². The highest BCUT2D eigenvalue weighted by molar-refractivity contribution is 5.85. The number of rotatable bonds is 6. The molecule has 0 spiro atoms. The van der Waals surface area contributed by atoms with Crippen molar-refractivity contribution >= 4 is 23.0 Å². The summed E-state index contributed by atoms with van der Waals surface area (Å²) in [6.07, 6.45) is 4.89. The van der Waals surface area contributed by atoms with Crippen LogP contribution in [-0.2, 0) is 17.8 Å². The van der Waals surface area contributed by atoms with Crippen LogP contribution in [0, 0.1) is 0 Å². The van der Waals surface area contributed by atoms with Crippen LogP contribution in [0.4, 0.5) is 0 Å². The zero-order chi connectivity index (χ0) is 19.2. The minimum absolute atomic E-state index is 0.0883. The molecule has 0 aliphatic carbocycles. The second-order valence-corrected chi connectivity index (χ2v) is 5.84. The summed E-state index contributed by atoms with van der Waals surface area (Å²) in [4.78, 5) is 28.6. The van der Waals surface area contributed by atoms with Gasteiger partial charge in [0.1, 0.15) is 12.3 Å². The molecule has 0 aliphatic heterocycles. The molecule has 0 radical (unpaired) electrons. The average Bonchev–Trinajstić information content (AvgIpc) is 2.67. The molecule has 0 saturated heterocycles. The number of nitrogens with one attached hydrogen (secondary N) is 1. The lowest BCUT2D eigenvalue weighted by Crippen LogP contribution is -2.30. The molecule has 2 N–H and O–H groups in total. The van der Waals surface area contributed by atoms with Gasteiger partial charge in [0.05, 0.1) is 23.4 Å². The lowest BCUT2D eigenvalue weighted by atomic mass is 10.1. The largest absolute Gasteiger partial charge is 0.507 e. The number of amides is 1. The molecule has 1 heterocycles. The molecule has 0 bridgehead atoms. The maximum atomic E-state index is 12.4. The standard InChI is InChI=1S/C20H18N4O3/c1-2-6-14-7-5-8-15(19(14)26)11-22-23-18(25)12-24-13-21-17-10-4-3-9-16(17)20(24)27/h2-5,7-11,13,26H,1,6,12H2,(H,23,25)/b22-11+. The normalized spacial score (nSPS) is 11.0. The first-order chi connectivity index (χ1) is 13.1. The number of allylic oxidation sites excluding steroid dienone is 1. The summed E-state index contributed by atoms with van der Waals surface area (Å²) in [5.74, 6) is -0.391. The maximum absolute atomic E-state index is 12.4. The van der Waals surface area contributed by atoms with Crippen molar-refractivity contribution < 1.29 is 9.90 Å². The number of para-hydroxylation sites is 2. The third kappa shape index (κ3) is 4.09. The average molecular weight is 362 g/mol. The number of aromatic nitrogens is 2. The predicted octanol–water partition coefficient (Wildman–Crippen LogP) is 1.98. The number of carbonyl (C=O) groups is 1. The van der Waals surface area contributed by atoms with Crippen molar-refractivity contribution in [3.8, 4) is 5.75 Å². The lowest BCUT2D eigenvalue weighted by molar-refractivity contribution is -0.121. The Bertz CT molecular complexity index is 1090. The molecule has 136 valence electrons. The molecule has 1 aromatic heterocycles. The summed E-state index contributed by atoms with van der Waals surface area (Å²) in [5, 5.41) is 14.4. The van der Waals surface area contributed by atoms with E-state index in [1.165, 1.54) is 17.1 Å². The van der Waals surface area contributed by atoms with Crippen LogP contribution in [-0.4, -0.2) is 26.8 Å². The van der Waals surface area contributed by atoms with Crippen molar-refractivity contribution in [1.29, 1.82) is 0 Å². The summed E-state index contributed by atoms with van der Waals surface area (Å²) in [7, 11) is 0. The fourth-order valence-corrected chi connectivity index (χ4v) is 2.62. The highest BCUT2D eigenvalue weighted by atomic mass is 16.3. The van der Waals surface area contributed by atoms with Gasteiger partial charge in [-0.25, -0.2) is 10.4 Å². The van der Waals surface area contributed by atoms with E-state index in [1.807, 2.05) is 0 Å². The van der Waals surface area contributed by atoms with Gasteiger partial charge in [-0.15, -0.1) is 6.58 Å². The molecule has 0 aliphatic rings. The number of hydrogen-bond donors (Lipinski definition) is 2. The topological polar surface area (TPSA) is 96.6 Å². The van der Waals surface area contributed by atoms with E-state index in [-0.39, 0.29) is 17.9 Å². The van der Waals surface area contributed by atoms with Crippen LogP contribution in [0.5, 0.6) is 5.75 Å². The number of phenols is 1. The molecule has 0 saturated carbocycles. The Labute approximate surface area is 155 Å². The zero-order valence-corrected chi connectivity index (χ0v) is 14.5. The molecule has 0 atom stereocenters. The van der Waals surface area contributed by atoms with E-state index in [1.54, 1.807) is 48.5 Å². The molecule has 7 heteroatoms. The van der Waals surface area contributed by atoms with E-state index in [9.17, 15) is 14.7 Å². The minimum atomic E-state index is -0.479. The van der Waals surface area contributed by atoms with Crippen LogP contribution in [0.2, 0.25) is 0 Å². The molecular formula is C20H18N4O3. The van der Waals surface area contributed by atoms with Crippen LogP contribution in [0.15, 0.2) is 71.3 Å². The Balaban J connectivity index is 1.69. The fraction of sp³-hybridized carbons (Fsp3) is 0.100. The summed E-state index contributed by atoms with van der Waals surface area (Å²) in [6.45, 7) is 3.43. The zero-order valence-electron chi connectivity index (χ0n) is 14.5. The molecule has 3 rings (SSSR count). The van der Waals surface area contributed by atoms with Gasteiger partial charge < -0.3 is 5.11 Å². The second-order valence-electron chi connectivity index (χ2n) is 5.84. The lowest BCUT2D eigenvalue weighted by Gasteiger charge is -2.06. The Morgan fingerprint density at radius 1 is 1.26 bits per heavy atom. The van der Waals surface area contributed by atoms with Gasteiger partial charge in [-0.3, -0.25) is 14.2 Å². The number of fused-ring (bicyclic) bond motifs is 1. The number of benzene rings is 2. The summed E-state index contributed by atoms with van der Waals surface area (Å²) < 4.78 is 1.22. The molecular weight excluding hydrogens is 344 g/mol. The van der Waals surface area contributed by atoms with Crippen LogP contribution in [0.1, 0.15) is 11.1 Å². The summed E-state index contributed by atoms with van der Waals surface area (Å²) >= 11 is 0. The minimum Gasteiger partial charge on any atom is -0.507 e. The van der Waals surface area contributed by atoms with E-state index in [2.05, 4.69) is 22.1 Å². The van der Waals surface area contributed by atoms with Crippen LogP contribution >= 0.6 is 0 Å². The molecule has 0 fully saturated rings. The molecule has 0 unspecified atom stereocenters. The van der Waals surface area contributed by atoms with Crippen molar-refractivity contribution in [2.24, 2.45) is 5.10 Å². The number of aromatic hydroxyl groups is 1. The van der Waals surface area contributed by atoms with E-state index >= 15 is 0 Å². The Morgan fingerprint density at radius 2 is 2.07 bits per heavy atom. The quantitative estimate of drug-likeness (QED) is 0.398. The first-order valence-corrected chi connectivity index (χ1v) is 8.28. The molecule has 2 aromatic carbocycles. The monoisotopic (exact) mass is 362 g/mol. The third-order valence-electron chi connectivity index (χ3n) is 3.95. The Morgan fingerprint density at radius 3 is 2.89 bits per heavy atom. The number of hydrazone groups is 1. The summed E-state index contributed by atoms with van der Waals surface area (Å²) in [5.41, 5.74) is 3.81. The van der Waals surface area contributed by atoms with Crippen molar-refractivity contribution in [3.05, 3.63) is 82.9 Å². The molecule has 7 nitrogen and oxygen atoms in total. The first kappa shape index (κ1) is 18.1. The number of phenolic OH excluding ortho intramolecular Hbond substituents is 1. The summed E-state index contributed by atoms with van der Waals surface area (Å²) in [6, 6.07) is 12.2. The number of carbonyl (C=O) groups excluding carboxylic acids is 1. The van der Waals surface area contributed by atoms with E-state index < -0.39 is 5.91 Å². The molecule has 27 heavy (non-hydrogen) atoms. The van der Waals surface area contributed by atoms with Crippen molar-refractivity contribution in [1.82, 2.24) is 15.0 Å². The van der Waals surface area contributed by atoms with E-state index in [0.29, 0.717) is 28.5 Å². The smallest absolute Gasteiger partial charge is 0.261 e. The van der Waals surface area contributed by atoms with Gasteiger partial charge in [0.25, 0.3) is 11.5 Å². The predicted molar refractivity (Wildman–Crippen MR) is 104 cm³/mol. The van der Waals surface area contributed by atoms with Crippen molar-refractivity contribution in [3.63, 3.8) is 0 Å². The highest BCUT2D eigenvalue weighted by Gasteiger charge is 2.08. The highest BCUT2D eigenvalue weighted by Crippen LogP contribution is 2.21. The van der Waals surface area contributed by atoms with Gasteiger partial charge in [0, 0.05) is 5.56 Å². The SMILES string of the molecule is C=CCc1cccc(/C=N/NC(=O)Cn2cnc3ccccc3c2=O)c1O. The van der Waals surface area contributed by atoms with E-state index in [0.717, 1.165) is 0 Å². The number of hydrogen-bond acceptors (Lipinski definition) is 5. The molecule has 1 amide bonds. The van der Waals surface area contributed by atoms with E-state index in [4.69, 9.17) is 0 Å². The van der Waals surface area contributed by atoms with Gasteiger partial charge in [-0.1, -0.05) is 30.3 Å². The van der Waals surface area contributed by atoms with Gasteiger partial charge in [-0.05, 0) is 30.2 Å². The van der Waals surface area contributed by atoms with Crippen LogP contribution in [0.25, 0.3) is 10.9 Å². The van der Waals surface area contributed by atoms with Gasteiger partial charge >= 0.3 is 0 Å². The van der Waals surface area contributed by atoms with Crippen molar-refractivity contribution in [2.45, 2.75) is 13.0 Å². The van der Waals surface area contributed by atoms with Gasteiger partial charge in [0.2, 0.25) is 0 Å². The number of nitrogens with zero attached hydrogens (tertiary/aromatic N) is 3. The van der Waals surface area contributed by atoms with Crippen molar-refractivity contribution in [2.75, 3.05) is 0 Å². The molecule has 3 aromatic rings. The Kier molecular flexibility index (Phi) is 5.41. The van der Waals surface area contributed by atoms with Crippen LogP contribution in [0.3, 0.4) is 0 Å². The maximum Gasteiger partial charge on any atom is 0.261 e.